The van der Waals surface area contributed by atoms with E-state index in [-0.39, 0.29) is 5.91 Å². The summed E-state index contributed by atoms with van der Waals surface area (Å²) in [5.41, 5.74) is 1.64. The molecule has 1 aromatic carbocycles. The molecule has 0 aliphatic carbocycles. The molecule has 0 saturated carbocycles. The van der Waals surface area contributed by atoms with Crippen LogP contribution in [0.15, 0.2) is 36.8 Å². The van der Waals surface area contributed by atoms with Gasteiger partial charge in [-0.15, -0.1) is 0 Å². The van der Waals surface area contributed by atoms with E-state index >= 15 is 0 Å². The number of H-pyrrole nitrogens is 1. The predicted octanol–water partition coefficient (Wildman–Crippen LogP) is 2.59. The van der Waals surface area contributed by atoms with Crippen LogP contribution in [0, 0.1) is 0 Å². The Morgan fingerprint density at radius 2 is 2.20 bits per heavy atom. The van der Waals surface area contributed by atoms with Crippen molar-refractivity contribution < 1.29 is 4.79 Å². The third-order valence-corrected chi connectivity index (χ3v) is 3.19. The highest BCUT2D eigenvalue weighted by atomic mass is 16.1. The van der Waals surface area contributed by atoms with Gasteiger partial charge in [-0.1, -0.05) is 6.07 Å². The summed E-state index contributed by atoms with van der Waals surface area (Å²) in [4.78, 5) is 16.0. The van der Waals surface area contributed by atoms with Crippen molar-refractivity contribution in [3.63, 3.8) is 0 Å². The Bertz CT molecular complexity index is 742. The van der Waals surface area contributed by atoms with E-state index in [1.54, 1.807) is 6.07 Å². The van der Waals surface area contributed by atoms with E-state index in [9.17, 15) is 4.79 Å². The number of benzene rings is 1. The molecule has 2 aromatic heterocycles. The van der Waals surface area contributed by atoms with E-state index in [0.717, 1.165) is 10.9 Å². The van der Waals surface area contributed by atoms with Crippen molar-refractivity contribution >= 4 is 22.8 Å². The van der Waals surface area contributed by atoms with E-state index in [2.05, 4.69) is 38.9 Å². The Kier molecular flexibility index (Phi) is 2.98. The van der Waals surface area contributed by atoms with Gasteiger partial charge >= 0.3 is 0 Å². The minimum Gasteiger partial charge on any atom is -0.345 e. The summed E-state index contributed by atoms with van der Waals surface area (Å²) in [7, 11) is 0. The fourth-order valence-corrected chi connectivity index (χ4v) is 2.19. The minimum atomic E-state index is -0.208. The molecule has 2 heterocycles. The molecule has 3 aromatic rings. The third-order valence-electron chi connectivity index (χ3n) is 3.19. The highest BCUT2D eigenvalue weighted by Crippen LogP contribution is 2.21. The van der Waals surface area contributed by atoms with Gasteiger partial charge in [0, 0.05) is 23.3 Å². The van der Waals surface area contributed by atoms with E-state index < -0.39 is 0 Å². The van der Waals surface area contributed by atoms with Crippen molar-refractivity contribution in [2.75, 3.05) is 5.32 Å². The van der Waals surface area contributed by atoms with E-state index in [1.807, 2.05) is 24.4 Å². The van der Waals surface area contributed by atoms with Gasteiger partial charge in [-0.3, -0.25) is 10.1 Å². The van der Waals surface area contributed by atoms with Crippen LogP contribution in [-0.2, 0) is 0 Å². The first-order valence-electron chi connectivity index (χ1n) is 6.42. The standard InChI is InChI=1S/C14H15N5O/c1-9(2)19-6-5-10-3-4-11(7-12(10)19)13(20)17-14-15-8-16-18-14/h3-9H,1-2H3,(H2,15,16,17,18,20). The summed E-state index contributed by atoms with van der Waals surface area (Å²) in [6, 6.07) is 8.04. The molecule has 6 nitrogen and oxygen atoms in total. The Morgan fingerprint density at radius 3 is 2.90 bits per heavy atom. The zero-order chi connectivity index (χ0) is 14.1. The molecule has 2 N–H and O–H groups in total. The number of amides is 1. The van der Waals surface area contributed by atoms with Crippen LogP contribution in [0.2, 0.25) is 0 Å². The molecule has 20 heavy (non-hydrogen) atoms. The lowest BCUT2D eigenvalue weighted by molar-refractivity contribution is 0.102. The van der Waals surface area contributed by atoms with Crippen molar-refractivity contribution in [3.8, 4) is 0 Å². The maximum atomic E-state index is 12.2. The molecule has 0 saturated heterocycles. The van der Waals surface area contributed by atoms with Crippen molar-refractivity contribution in [2.24, 2.45) is 0 Å². The second-order valence-electron chi connectivity index (χ2n) is 4.88. The smallest absolute Gasteiger partial charge is 0.258 e. The monoisotopic (exact) mass is 269 g/mol. The largest absolute Gasteiger partial charge is 0.345 e. The molecule has 3 rings (SSSR count). The number of carbonyl (C=O) groups is 1. The normalized spacial score (nSPS) is 11.2. The van der Waals surface area contributed by atoms with Crippen LogP contribution in [0.4, 0.5) is 5.95 Å². The topological polar surface area (TPSA) is 75.6 Å². The van der Waals surface area contributed by atoms with Gasteiger partial charge < -0.3 is 4.57 Å². The lowest BCUT2D eigenvalue weighted by Gasteiger charge is -2.10. The van der Waals surface area contributed by atoms with Gasteiger partial charge in [0.1, 0.15) is 6.33 Å². The van der Waals surface area contributed by atoms with Crippen molar-refractivity contribution in [1.29, 1.82) is 0 Å². The van der Waals surface area contributed by atoms with Crippen LogP contribution >= 0.6 is 0 Å². The quantitative estimate of drug-likeness (QED) is 0.767. The molecule has 0 aliphatic rings. The van der Waals surface area contributed by atoms with Crippen LogP contribution < -0.4 is 5.32 Å². The maximum Gasteiger partial charge on any atom is 0.258 e. The average molecular weight is 269 g/mol. The first kappa shape index (κ1) is 12.4. The minimum absolute atomic E-state index is 0.208. The molecule has 0 unspecified atom stereocenters. The summed E-state index contributed by atoms with van der Waals surface area (Å²) >= 11 is 0. The predicted molar refractivity (Wildman–Crippen MR) is 76.7 cm³/mol. The molecule has 0 bridgehead atoms. The number of nitrogens with one attached hydrogen (secondary N) is 2. The number of fused-ring (bicyclic) bond motifs is 1. The summed E-state index contributed by atoms with van der Waals surface area (Å²) in [5.74, 6) is 0.134. The number of hydrogen-bond donors (Lipinski definition) is 2. The second-order valence-corrected chi connectivity index (χ2v) is 4.88. The van der Waals surface area contributed by atoms with Crippen LogP contribution in [0.5, 0.6) is 0 Å². The molecule has 0 aliphatic heterocycles. The average Bonchev–Trinajstić information content (AvgIpc) is 3.06. The van der Waals surface area contributed by atoms with Crippen molar-refractivity contribution in [1.82, 2.24) is 19.7 Å². The van der Waals surface area contributed by atoms with Gasteiger partial charge in [-0.05, 0) is 37.4 Å². The molecule has 0 spiro atoms. The van der Waals surface area contributed by atoms with Crippen LogP contribution in [0.3, 0.4) is 0 Å². The van der Waals surface area contributed by atoms with Crippen LogP contribution in [0.1, 0.15) is 30.2 Å². The molecule has 1 amide bonds. The molecule has 0 radical (unpaired) electrons. The lowest BCUT2D eigenvalue weighted by atomic mass is 10.1. The number of aromatic nitrogens is 4. The van der Waals surface area contributed by atoms with Gasteiger partial charge in [0.05, 0.1) is 0 Å². The maximum absolute atomic E-state index is 12.2. The summed E-state index contributed by atoms with van der Waals surface area (Å²) in [6.07, 6.45) is 3.39. The molecule has 102 valence electrons. The number of nitrogens with zero attached hydrogens (tertiary/aromatic N) is 3. The van der Waals surface area contributed by atoms with Gasteiger partial charge in [0.25, 0.3) is 5.91 Å². The zero-order valence-corrected chi connectivity index (χ0v) is 11.3. The Morgan fingerprint density at radius 1 is 1.35 bits per heavy atom. The zero-order valence-electron chi connectivity index (χ0n) is 11.3. The first-order chi connectivity index (χ1) is 9.65. The number of carbonyl (C=O) groups excluding carboxylic acids is 1. The lowest BCUT2D eigenvalue weighted by Crippen LogP contribution is -2.13. The van der Waals surface area contributed by atoms with E-state index in [1.165, 1.54) is 6.33 Å². The molecule has 0 atom stereocenters. The second kappa shape index (κ2) is 4.80. The number of aromatic amines is 1. The third kappa shape index (κ3) is 2.16. The number of hydrogen-bond acceptors (Lipinski definition) is 3. The fourth-order valence-electron chi connectivity index (χ4n) is 2.19. The SMILES string of the molecule is CC(C)n1ccc2ccc(C(=O)Nc3ncn[nH]3)cc21. The highest BCUT2D eigenvalue weighted by molar-refractivity contribution is 6.05. The summed E-state index contributed by atoms with van der Waals surface area (Å²) < 4.78 is 2.14. The van der Waals surface area contributed by atoms with E-state index in [4.69, 9.17) is 0 Å². The number of anilines is 1. The fraction of sp³-hybridized carbons (Fsp3) is 0.214. The molecular weight excluding hydrogens is 254 g/mol. The summed E-state index contributed by atoms with van der Waals surface area (Å²) in [5, 5.41) is 10.1. The van der Waals surface area contributed by atoms with Gasteiger partial charge in [-0.25, -0.2) is 5.10 Å². The highest BCUT2D eigenvalue weighted by Gasteiger charge is 2.11. The van der Waals surface area contributed by atoms with Crippen molar-refractivity contribution in [3.05, 3.63) is 42.4 Å². The molecule has 6 heteroatoms. The summed E-state index contributed by atoms with van der Waals surface area (Å²) in [6.45, 7) is 4.22. The Labute approximate surface area is 115 Å². The van der Waals surface area contributed by atoms with Gasteiger partial charge in [0.15, 0.2) is 0 Å². The molecular formula is C14H15N5O. The molecule has 0 fully saturated rings. The van der Waals surface area contributed by atoms with E-state index in [0.29, 0.717) is 17.6 Å². The van der Waals surface area contributed by atoms with Crippen LogP contribution in [-0.4, -0.2) is 25.7 Å². The van der Waals surface area contributed by atoms with Gasteiger partial charge in [-0.2, -0.15) is 10.1 Å². The first-order valence-corrected chi connectivity index (χ1v) is 6.42. The van der Waals surface area contributed by atoms with Crippen LogP contribution in [0.25, 0.3) is 10.9 Å². The Balaban J connectivity index is 1.95. The number of rotatable bonds is 3. The van der Waals surface area contributed by atoms with Gasteiger partial charge in [0.2, 0.25) is 5.95 Å². The van der Waals surface area contributed by atoms with Crippen molar-refractivity contribution in [2.45, 2.75) is 19.9 Å². The Hall–Kier alpha value is -2.63.